The summed E-state index contributed by atoms with van der Waals surface area (Å²) in [5.74, 6) is -0.164. The van der Waals surface area contributed by atoms with Crippen molar-refractivity contribution >= 4 is 28.5 Å². The van der Waals surface area contributed by atoms with Crippen LogP contribution in [0.15, 0.2) is 72.6 Å². The van der Waals surface area contributed by atoms with Crippen molar-refractivity contribution in [3.63, 3.8) is 0 Å². The first kappa shape index (κ1) is 20.4. The van der Waals surface area contributed by atoms with Crippen molar-refractivity contribution in [2.75, 3.05) is 5.32 Å². The van der Waals surface area contributed by atoms with Gasteiger partial charge in [0, 0.05) is 34.6 Å². The van der Waals surface area contributed by atoms with Gasteiger partial charge in [-0.15, -0.1) is 0 Å². The molecule has 0 aliphatic heterocycles. The van der Waals surface area contributed by atoms with Gasteiger partial charge in [-0.2, -0.15) is 13.2 Å². The third-order valence-corrected chi connectivity index (χ3v) is 4.82. The number of anilines is 1. The fourth-order valence-electron chi connectivity index (χ4n) is 3.30. The van der Waals surface area contributed by atoms with E-state index in [-0.39, 0.29) is 11.5 Å². The molecular formula is C22H17F3N4O2. The highest BCUT2D eigenvalue weighted by Crippen LogP contribution is 2.30. The molecule has 6 nitrogen and oxygen atoms in total. The highest BCUT2D eigenvalue weighted by atomic mass is 19.4. The maximum atomic E-state index is 12.8. The van der Waals surface area contributed by atoms with Crippen molar-refractivity contribution in [2.24, 2.45) is 0 Å². The first-order valence-corrected chi connectivity index (χ1v) is 9.41. The number of nitrogens with one attached hydrogen (secondary N) is 3. The van der Waals surface area contributed by atoms with E-state index in [1.807, 2.05) is 6.07 Å². The third-order valence-electron chi connectivity index (χ3n) is 4.82. The molecule has 1 atom stereocenters. The Balaban J connectivity index is 1.37. The van der Waals surface area contributed by atoms with Gasteiger partial charge < -0.3 is 15.6 Å². The van der Waals surface area contributed by atoms with Gasteiger partial charge >= 0.3 is 12.2 Å². The minimum atomic E-state index is -4.49. The number of alkyl halides is 3. The van der Waals surface area contributed by atoms with Gasteiger partial charge in [-0.3, -0.25) is 4.79 Å². The second-order valence-electron chi connectivity index (χ2n) is 6.97. The average Bonchev–Trinajstić information content (AvgIpc) is 3.17. The molecule has 2 amide bonds. The lowest BCUT2D eigenvalue weighted by Gasteiger charge is -2.18. The van der Waals surface area contributed by atoms with Crippen LogP contribution in [-0.4, -0.2) is 27.8 Å². The van der Waals surface area contributed by atoms with E-state index in [4.69, 9.17) is 0 Å². The summed E-state index contributed by atoms with van der Waals surface area (Å²) >= 11 is 0. The van der Waals surface area contributed by atoms with Crippen molar-refractivity contribution in [1.82, 2.24) is 15.3 Å². The number of allylic oxidation sites excluding steroid dienone is 2. The van der Waals surface area contributed by atoms with E-state index < -0.39 is 23.8 Å². The van der Waals surface area contributed by atoms with Crippen molar-refractivity contribution in [1.29, 1.82) is 0 Å². The van der Waals surface area contributed by atoms with Crippen molar-refractivity contribution < 1.29 is 22.8 Å². The summed E-state index contributed by atoms with van der Waals surface area (Å²) in [4.78, 5) is 32.1. The zero-order valence-corrected chi connectivity index (χ0v) is 16.0. The number of halogens is 3. The van der Waals surface area contributed by atoms with Crippen LogP contribution >= 0.6 is 0 Å². The normalized spacial score (nSPS) is 16.1. The van der Waals surface area contributed by atoms with E-state index in [0.29, 0.717) is 23.2 Å². The van der Waals surface area contributed by atoms with Gasteiger partial charge in [0.15, 0.2) is 5.78 Å². The van der Waals surface area contributed by atoms with Crippen LogP contribution in [0.5, 0.6) is 0 Å². The Morgan fingerprint density at radius 3 is 2.74 bits per heavy atom. The summed E-state index contributed by atoms with van der Waals surface area (Å²) in [6.45, 7) is 0. The highest BCUT2D eigenvalue weighted by Gasteiger charge is 2.30. The van der Waals surface area contributed by atoms with Gasteiger partial charge in [-0.05, 0) is 36.8 Å². The van der Waals surface area contributed by atoms with E-state index in [1.165, 1.54) is 12.1 Å². The number of rotatable bonds is 4. The Bertz CT molecular complexity index is 1210. The van der Waals surface area contributed by atoms with Crippen LogP contribution in [0.1, 0.15) is 22.3 Å². The number of fused-ring (bicyclic) bond motifs is 1. The smallest absolute Gasteiger partial charge is 0.345 e. The number of aromatic nitrogens is 2. The average molecular weight is 426 g/mol. The maximum absolute atomic E-state index is 12.8. The maximum Gasteiger partial charge on any atom is 0.416 e. The molecule has 4 rings (SSSR count). The number of hydrogen-bond donors (Lipinski definition) is 3. The first-order valence-electron chi connectivity index (χ1n) is 9.41. The molecule has 158 valence electrons. The van der Waals surface area contributed by atoms with Gasteiger partial charge in [0.25, 0.3) is 0 Å². The number of pyridine rings is 1. The van der Waals surface area contributed by atoms with Crippen LogP contribution in [0.2, 0.25) is 0 Å². The van der Waals surface area contributed by atoms with Crippen LogP contribution in [0, 0.1) is 0 Å². The Hall–Kier alpha value is -3.88. The molecule has 0 fully saturated rings. The van der Waals surface area contributed by atoms with Crippen LogP contribution in [-0.2, 0) is 6.18 Å². The Morgan fingerprint density at radius 1 is 1.16 bits per heavy atom. The summed E-state index contributed by atoms with van der Waals surface area (Å²) in [5, 5.41) is 5.78. The number of urea groups is 1. The Kier molecular flexibility index (Phi) is 5.33. The zero-order chi connectivity index (χ0) is 22.0. The molecule has 0 spiro atoms. The van der Waals surface area contributed by atoms with Gasteiger partial charge in [-0.1, -0.05) is 24.3 Å². The molecule has 2 heterocycles. The molecule has 0 radical (unpaired) electrons. The Labute approximate surface area is 174 Å². The fourth-order valence-corrected chi connectivity index (χ4v) is 3.30. The number of benzene rings is 1. The molecule has 1 aromatic carbocycles. The molecule has 3 aromatic rings. The molecule has 1 aliphatic carbocycles. The lowest BCUT2D eigenvalue weighted by atomic mass is 9.96. The summed E-state index contributed by atoms with van der Waals surface area (Å²) in [7, 11) is 0. The number of aromatic amines is 1. The molecule has 1 aliphatic rings. The van der Waals surface area contributed by atoms with E-state index >= 15 is 0 Å². The fraction of sp³-hybridized carbons (Fsp3) is 0.136. The quantitative estimate of drug-likeness (QED) is 0.522. The van der Waals surface area contributed by atoms with E-state index in [2.05, 4.69) is 20.6 Å². The van der Waals surface area contributed by atoms with Crippen molar-refractivity contribution in [3.05, 3.63) is 83.7 Å². The van der Waals surface area contributed by atoms with Crippen LogP contribution in [0.25, 0.3) is 11.0 Å². The summed E-state index contributed by atoms with van der Waals surface area (Å²) in [6, 6.07) is 6.91. The van der Waals surface area contributed by atoms with Crippen LogP contribution in [0.4, 0.5) is 23.7 Å². The molecule has 31 heavy (non-hydrogen) atoms. The van der Waals surface area contributed by atoms with E-state index in [9.17, 15) is 22.8 Å². The highest BCUT2D eigenvalue weighted by molar-refractivity contribution is 6.17. The third kappa shape index (κ3) is 4.50. The SMILES string of the molecule is O=C(Nc1cccc(C(F)(F)F)c1)NC1C=CC(C(=O)c2c[nH]c3ncccc23)=CC1. The van der Waals surface area contributed by atoms with Crippen molar-refractivity contribution in [2.45, 2.75) is 18.6 Å². The predicted molar refractivity (Wildman–Crippen MR) is 110 cm³/mol. The summed E-state index contributed by atoms with van der Waals surface area (Å²) in [5.41, 5.74) is 0.804. The van der Waals surface area contributed by atoms with Gasteiger partial charge in [0.2, 0.25) is 0 Å². The summed E-state index contributed by atoms with van der Waals surface area (Å²) < 4.78 is 38.4. The molecule has 2 aromatic heterocycles. The number of amides is 2. The van der Waals surface area contributed by atoms with Crippen molar-refractivity contribution in [3.8, 4) is 0 Å². The van der Waals surface area contributed by atoms with Gasteiger partial charge in [-0.25, -0.2) is 9.78 Å². The minimum absolute atomic E-state index is 0.0338. The van der Waals surface area contributed by atoms with Crippen LogP contribution < -0.4 is 10.6 Å². The molecule has 3 N–H and O–H groups in total. The largest absolute Gasteiger partial charge is 0.416 e. The molecule has 0 bridgehead atoms. The molecular weight excluding hydrogens is 409 g/mol. The molecule has 0 saturated carbocycles. The van der Waals surface area contributed by atoms with Gasteiger partial charge in [0.1, 0.15) is 5.65 Å². The summed E-state index contributed by atoms with van der Waals surface area (Å²) in [6.07, 6.45) is 4.13. The second kappa shape index (κ2) is 8.10. The number of ketones is 1. The number of carbonyl (C=O) groups is 2. The molecule has 1 unspecified atom stereocenters. The van der Waals surface area contributed by atoms with Gasteiger partial charge in [0.05, 0.1) is 11.6 Å². The number of Topliss-reactive ketones (excluding diaryl/α,β-unsaturated/α-hetero) is 1. The van der Waals surface area contributed by atoms with E-state index in [1.54, 1.807) is 36.7 Å². The lowest BCUT2D eigenvalue weighted by Crippen LogP contribution is -2.37. The minimum Gasteiger partial charge on any atom is -0.345 e. The number of hydrogen-bond acceptors (Lipinski definition) is 3. The molecule has 9 heteroatoms. The predicted octanol–water partition coefficient (Wildman–Crippen LogP) is 4.84. The molecule has 0 saturated heterocycles. The van der Waals surface area contributed by atoms with E-state index in [0.717, 1.165) is 17.5 Å². The van der Waals surface area contributed by atoms with Crippen LogP contribution in [0.3, 0.4) is 0 Å². The number of H-pyrrole nitrogens is 1. The monoisotopic (exact) mass is 426 g/mol. The topological polar surface area (TPSA) is 86.9 Å². The number of carbonyl (C=O) groups excluding carboxylic acids is 2. The Morgan fingerprint density at radius 2 is 2.00 bits per heavy atom. The number of nitrogens with zero attached hydrogens (tertiary/aromatic N) is 1. The lowest BCUT2D eigenvalue weighted by molar-refractivity contribution is -0.137. The first-order chi connectivity index (χ1) is 14.8. The zero-order valence-electron chi connectivity index (χ0n) is 16.0. The standard InChI is InChI=1S/C22H17F3N4O2/c23-22(24,25)14-3-1-4-16(11-14)29-21(31)28-15-8-6-13(7-9-15)19(30)18-12-27-20-17(18)5-2-10-26-20/h1-8,10-12,15H,9H2,(H,26,27)(H2,28,29,31). The second-order valence-corrected chi connectivity index (χ2v) is 6.97.